The Balaban J connectivity index is 0. The van der Waals surface area contributed by atoms with Gasteiger partial charge in [0.05, 0.1) is 32.8 Å². The lowest BCUT2D eigenvalue weighted by atomic mass is 10.2. The predicted molar refractivity (Wildman–Crippen MR) is 82.5 cm³/mol. The highest BCUT2D eigenvalue weighted by molar-refractivity contribution is 6.27. The second kappa shape index (κ2) is 13.9. The number of nitrogens with zero attached hydrogens (tertiary/aromatic N) is 1. The Bertz CT molecular complexity index is 267. The van der Waals surface area contributed by atoms with Gasteiger partial charge in [0.15, 0.2) is 5.97 Å². The van der Waals surface area contributed by atoms with Crippen molar-refractivity contribution in [3.63, 3.8) is 0 Å². The summed E-state index contributed by atoms with van der Waals surface area (Å²) in [6.07, 6.45) is 4.26. The summed E-state index contributed by atoms with van der Waals surface area (Å²) < 4.78 is 5.56. The molecular weight excluding hydrogens is 270 g/mol. The lowest BCUT2D eigenvalue weighted by Crippen LogP contribution is -2.48. The van der Waals surface area contributed by atoms with Crippen LogP contribution in [0, 0.1) is 0 Å². The lowest BCUT2D eigenvalue weighted by molar-refractivity contribution is -0.923. The van der Waals surface area contributed by atoms with Crippen molar-refractivity contribution < 1.29 is 23.9 Å². The Morgan fingerprint density at radius 1 is 0.905 bits per heavy atom. The van der Waals surface area contributed by atoms with Gasteiger partial charge in [0.1, 0.15) is 0 Å². The van der Waals surface area contributed by atoms with Crippen molar-refractivity contribution in [3.05, 3.63) is 0 Å². The molecule has 126 valence electrons. The number of aliphatic carboxylic acids is 1. The summed E-state index contributed by atoms with van der Waals surface area (Å²) in [5, 5.41) is 9.71. The van der Waals surface area contributed by atoms with Gasteiger partial charge in [-0.2, -0.15) is 0 Å². The van der Waals surface area contributed by atoms with Gasteiger partial charge in [0.25, 0.3) is 0 Å². The normalized spacial score (nSPS) is 10.5. The van der Waals surface area contributed by atoms with E-state index in [1.54, 1.807) is 0 Å². The highest BCUT2D eigenvalue weighted by atomic mass is 16.6. The SMILES string of the molecule is CCCCOC(=O)C(=O)[O-].CCCC[N+](CC)(CC)CC. The molecule has 21 heavy (non-hydrogen) atoms. The predicted octanol–water partition coefficient (Wildman–Crippen LogP) is 1.74. The summed E-state index contributed by atoms with van der Waals surface area (Å²) in [5.74, 6) is -3.07. The van der Waals surface area contributed by atoms with Crippen LogP contribution in [0.25, 0.3) is 0 Å². The first-order valence-corrected chi connectivity index (χ1v) is 8.16. The van der Waals surface area contributed by atoms with Gasteiger partial charge >= 0.3 is 5.97 Å². The number of unbranched alkanes of at least 4 members (excludes halogenated alkanes) is 2. The van der Waals surface area contributed by atoms with Crippen LogP contribution in [0.15, 0.2) is 0 Å². The molecule has 0 rings (SSSR count). The van der Waals surface area contributed by atoms with Gasteiger partial charge in [0, 0.05) is 0 Å². The first kappa shape index (κ1) is 22.2. The zero-order valence-electron chi connectivity index (χ0n) is 14.4. The Labute approximate surface area is 129 Å². The number of ether oxygens (including phenoxy) is 1. The molecule has 0 heterocycles. The molecule has 5 heteroatoms. The third-order valence-corrected chi connectivity index (χ3v) is 3.90. The Hall–Kier alpha value is -1.10. The van der Waals surface area contributed by atoms with Crippen LogP contribution in [0.4, 0.5) is 0 Å². The molecule has 0 aromatic heterocycles. The number of carbonyl (C=O) groups excluding carboxylic acids is 2. The number of quaternary nitrogens is 1. The lowest BCUT2D eigenvalue weighted by Gasteiger charge is -2.35. The zero-order valence-corrected chi connectivity index (χ0v) is 14.4. The van der Waals surface area contributed by atoms with Gasteiger partial charge in [-0.3, -0.25) is 0 Å². The molecule has 0 aliphatic heterocycles. The monoisotopic (exact) mass is 303 g/mol. The molecule has 0 aromatic rings. The summed E-state index contributed by atoms with van der Waals surface area (Å²) in [5.41, 5.74) is 0. The van der Waals surface area contributed by atoms with Gasteiger partial charge in [-0.1, -0.05) is 26.7 Å². The van der Waals surface area contributed by atoms with Crippen LogP contribution in [-0.2, 0) is 14.3 Å². The van der Waals surface area contributed by atoms with E-state index in [1.807, 2.05) is 6.92 Å². The summed E-state index contributed by atoms with van der Waals surface area (Å²) in [7, 11) is 0. The zero-order chi connectivity index (χ0) is 16.7. The first-order chi connectivity index (χ1) is 9.92. The molecule has 0 atom stereocenters. The molecule has 0 spiro atoms. The maximum Gasteiger partial charge on any atom is 0.354 e. The molecule has 0 saturated carbocycles. The molecule has 0 aliphatic rings. The standard InChI is InChI=1S/C10H24N.C6H10O4/c1-5-9-10-11(6-2,7-3)8-4;1-2-3-4-10-6(9)5(7)8/h5-10H2,1-4H3;2-4H2,1H3,(H,7,8)/q+1;/p-1. The molecule has 0 amide bonds. The third kappa shape index (κ3) is 11.3. The number of rotatable bonds is 9. The van der Waals surface area contributed by atoms with E-state index in [0.29, 0.717) is 6.42 Å². The molecule has 0 saturated heterocycles. The van der Waals surface area contributed by atoms with Crippen LogP contribution in [0.3, 0.4) is 0 Å². The fraction of sp³-hybridized carbons (Fsp3) is 0.875. The van der Waals surface area contributed by atoms with E-state index in [0.717, 1.165) is 6.42 Å². The van der Waals surface area contributed by atoms with Gasteiger partial charge in [-0.05, 0) is 33.6 Å². The fourth-order valence-corrected chi connectivity index (χ4v) is 2.01. The van der Waals surface area contributed by atoms with Crippen LogP contribution in [0.5, 0.6) is 0 Å². The second-order valence-corrected chi connectivity index (χ2v) is 5.14. The molecule has 0 bridgehead atoms. The number of hydrogen-bond donors (Lipinski definition) is 0. The summed E-state index contributed by atoms with van der Waals surface area (Å²) in [4.78, 5) is 19.8. The largest absolute Gasteiger partial charge is 0.539 e. The van der Waals surface area contributed by atoms with E-state index in [4.69, 9.17) is 0 Å². The number of carboxylic acids is 1. The fourth-order valence-electron chi connectivity index (χ4n) is 2.01. The number of hydrogen-bond acceptors (Lipinski definition) is 4. The second-order valence-electron chi connectivity index (χ2n) is 5.14. The molecule has 5 nitrogen and oxygen atoms in total. The van der Waals surface area contributed by atoms with Gasteiger partial charge in [0.2, 0.25) is 0 Å². The van der Waals surface area contributed by atoms with Crippen LogP contribution in [0.1, 0.15) is 60.3 Å². The minimum atomic E-state index is -1.78. The van der Waals surface area contributed by atoms with Crippen molar-refractivity contribution in [1.29, 1.82) is 0 Å². The third-order valence-electron chi connectivity index (χ3n) is 3.90. The highest BCUT2D eigenvalue weighted by Gasteiger charge is 2.18. The number of carboxylic acid groups (broad SMARTS) is 1. The van der Waals surface area contributed by atoms with Gasteiger partial charge in [-0.15, -0.1) is 0 Å². The Morgan fingerprint density at radius 2 is 1.38 bits per heavy atom. The molecule has 0 aromatic carbocycles. The smallest absolute Gasteiger partial charge is 0.354 e. The topological polar surface area (TPSA) is 66.4 Å². The maximum atomic E-state index is 10.1. The van der Waals surface area contributed by atoms with Crippen molar-refractivity contribution in [2.75, 3.05) is 32.8 Å². The number of carbonyl (C=O) groups is 2. The van der Waals surface area contributed by atoms with Crippen molar-refractivity contribution in [2.24, 2.45) is 0 Å². The highest BCUT2D eigenvalue weighted by Crippen LogP contribution is 2.07. The maximum absolute atomic E-state index is 10.1. The van der Waals surface area contributed by atoms with Crippen LogP contribution in [0.2, 0.25) is 0 Å². The van der Waals surface area contributed by atoms with Crippen LogP contribution < -0.4 is 5.11 Å². The average Bonchev–Trinajstić information content (AvgIpc) is 2.50. The quantitative estimate of drug-likeness (QED) is 0.282. The van der Waals surface area contributed by atoms with Crippen LogP contribution >= 0.6 is 0 Å². The van der Waals surface area contributed by atoms with E-state index < -0.39 is 11.9 Å². The molecule has 0 N–H and O–H groups in total. The molecule has 0 unspecified atom stereocenters. The van der Waals surface area contributed by atoms with Crippen molar-refractivity contribution >= 4 is 11.9 Å². The molecule has 0 fully saturated rings. The van der Waals surface area contributed by atoms with E-state index in [2.05, 4.69) is 32.4 Å². The molecule has 0 aliphatic carbocycles. The van der Waals surface area contributed by atoms with E-state index >= 15 is 0 Å². The summed E-state index contributed by atoms with van der Waals surface area (Å²) in [6.45, 7) is 16.5. The summed E-state index contributed by atoms with van der Waals surface area (Å²) in [6, 6.07) is 0. The summed E-state index contributed by atoms with van der Waals surface area (Å²) >= 11 is 0. The van der Waals surface area contributed by atoms with Crippen molar-refractivity contribution in [3.8, 4) is 0 Å². The Kier molecular flexibility index (Phi) is 14.6. The van der Waals surface area contributed by atoms with E-state index in [-0.39, 0.29) is 6.61 Å². The minimum Gasteiger partial charge on any atom is -0.539 e. The van der Waals surface area contributed by atoms with Gasteiger partial charge in [-0.25, -0.2) is 4.79 Å². The van der Waals surface area contributed by atoms with Gasteiger partial charge < -0.3 is 19.1 Å². The molecule has 0 radical (unpaired) electrons. The Morgan fingerprint density at radius 3 is 1.71 bits per heavy atom. The minimum absolute atomic E-state index is 0.156. The average molecular weight is 303 g/mol. The van der Waals surface area contributed by atoms with E-state index in [1.165, 1.54) is 43.5 Å². The molecular formula is C16H33NO4. The van der Waals surface area contributed by atoms with E-state index in [9.17, 15) is 14.7 Å². The van der Waals surface area contributed by atoms with Crippen molar-refractivity contribution in [2.45, 2.75) is 60.3 Å². The van der Waals surface area contributed by atoms with Crippen LogP contribution in [-0.4, -0.2) is 49.2 Å². The van der Waals surface area contributed by atoms with Crippen molar-refractivity contribution in [1.82, 2.24) is 0 Å². The first-order valence-electron chi connectivity index (χ1n) is 8.16. The number of esters is 1.